The van der Waals surface area contributed by atoms with E-state index in [9.17, 15) is 9.59 Å². The number of carbonyl (C=O) groups is 2. The number of carboxylic acid groups (broad SMARTS) is 1. The number of aliphatic carboxylic acids is 1. The van der Waals surface area contributed by atoms with Crippen LogP contribution in [0.25, 0.3) is 0 Å². The van der Waals surface area contributed by atoms with Gasteiger partial charge in [-0.05, 0) is 12.8 Å². The minimum Gasteiger partial charge on any atom is -0.480 e. The van der Waals surface area contributed by atoms with Crippen LogP contribution in [0.2, 0.25) is 0 Å². The molecule has 2 amide bonds. The van der Waals surface area contributed by atoms with Crippen LogP contribution in [0, 0.1) is 0 Å². The van der Waals surface area contributed by atoms with Gasteiger partial charge in [-0.3, -0.25) is 4.79 Å². The highest BCUT2D eigenvalue weighted by Gasteiger charge is 2.28. The fraction of sp³-hybridized carbons (Fsp3) is 0.583. The Labute approximate surface area is 111 Å². The summed E-state index contributed by atoms with van der Waals surface area (Å²) in [6.07, 6.45) is 7.02. The molecule has 0 saturated heterocycles. The van der Waals surface area contributed by atoms with E-state index in [0.29, 0.717) is 6.54 Å². The van der Waals surface area contributed by atoms with Gasteiger partial charge in [0, 0.05) is 12.2 Å². The minimum absolute atomic E-state index is 0.0397. The molecule has 1 heterocycles. The summed E-state index contributed by atoms with van der Waals surface area (Å²) in [5, 5.41) is 11.6. The zero-order valence-electron chi connectivity index (χ0n) is 10.6. The second-order valence-electron chi connectivity index (χ2n) is 4.70. The maximum absolute atomic E-state index is 12.1. The van der Waals surface area contributed by atoms with Gasteiger partial charge in [-0.25, -0.2) is 9.78 Å². The third-order valence-electron chi connectivity index (χ3n) is 3.32. The van der Waals surface area contributed by atoms with E-state index in [2.05, 4.69) is 15.3 Å². The van der Waals surface area contributed by atoms with Crippen molar-refractivity contribution in [1.29, 1.82) is 0 Å². The average Bonchev–Trinajstić information content (AvgIpc) is 3.05. The first-order chi connectivity index (χ1) is 9.16. The predicted octanol–water partition coefficient (Wildman–Crippen LogP) is 0.948. The molecule has 0 aromatic carbocycles. The molecule has 1 aromatic heterocycles. The van der Waals surface area contributed by atoms with Gasteiger partial charge in [0.2, 0.25) is 0 Å². The van der Waals surface area contributed by atoms with Crippen LogP contribution in [-0.4, -0.2) is 44.6 Å². The lowest BCUT2D eigenvalue weighted by Crippen LogP contribution is -2.47. The van der Waals surface area contributed by atoms with Gasteiger partial charge in [-0.2, -0.15) is 0 Å². The van der Waals surface area contributed by atoms with Gasteiger partial charge < -0.3 is 20.3 Å². The van der Waals surface area contributed by atoms with Gasteiger partial charge in [-0.15, -0.1) is 0 Å². The molecule has 1 aliphatic carbocycles. The molecular weight excluding hydrogens is 248 g/mol. The van der Waals surface area contributed by atoms with E-state index in [4.69, 9.17) is 5.11 Å². The third-order valence-corrected chi connectivity index (χ3v) is 3.32. The fourth-order valence-electron chi connectivity index (χ4n) is 2.38. The van der Waals surface area contributed by atoms with E-state index < -0.39 is 5.97 Å². The van der Waals surface area contributed by atoms with Crippen molar-refractivity contribution in [2.75, 3.05) is 6.54 Å². The Morgan fingerprint density at radius 1 is 1.47 bits per heavy atom. The summed E-state index contributed by atoms with van der Waals surface area (Å²) in [6.45, 7) is 0.0706. The zero-order valence-corrected chi connectivity index (χ0v) is 10.6. The molecule has 3 N–H and O–H groups in total. The number of urea groups is 1. The summed E-state index contributed by atoms with van der Waals surface area (Å²) < 4.78 is 0. The number of hydrogen-bond donors (Lipinski definition) is 3. The molecule has 19 heavy (non-hydrogen) atoms. The predicted molar refractivity (Wildman–Crippen MR) is 67.4 cm³/mol. The van der Waals surface area contributed by atoms with Crippen molar-refractivity contribution in [3.63, 3.8) is 0 Å². The van der Waals surface area contributed by atoms with Crippen molar-refractivity contribution in [3.8, 4) is 0 Å². The SMILES string of the molecule is O=C(O)CN(C(=O)NCc1cnc[nH]1)C1CCCC1. The number of imidazole rings is 1. The van der Waals surface area contributed by atoms with Crippen molar-refractivity contribution >= 4 is 12.0 Å². The van der Waals surface area contributed by atoms with Crippen molar-refractivity contribution in [1.82, 2.24) is 20.2 Å². The largest absolute Gasteiger partial charge is 0.480 e. The van der Waals surface area contributed by atoms with Crippen LogP contribution in [0.4, 0.5) is 4.79 Å². The standard InChI is InChI=1S/C12H18N4O3/c17-11(18)7-16(10-3-1-2-4-10)12(19)14-6-9-5-13-8-15-9/h5,8,10H,1-4,6-7H2,(H,13,15)(H,14,19)(H,17,18). The van der Waals surface area contributed by atoms with Crippen LogP contribution >= 0.6 is 0 Å². The number of aromatic amines is 1. The normalized spacial score (nSPS) is 15.4. The molecule has 1 saturated carbocycles. The van der Waals surface area contributed by atoms with E-state index in [1.54, 1.807) is 6.20 Å². The van der Waals surface area contributed by atoms with Crippen molar-refractivity contribution in [2.45, 2.75) is 38.3 Å². The lowest BCUT2D eigenvalue weighted by atomic mass is 10.2. The van der Waals surface area contributed by atoms with Crippen LogP contribution in [-0.2, 0) is 11.3 Å². The summed E-state index contributed by atoms with van der Waals surface area (Å²) >= 11 is 0. The van der Waals surface area contributed by atoms with Crippen LogP contribution in [0.3, 0.4) is 0 Å². The molecule has 7 nitrogen and oxygen atoms in total. The van der Waals surface area contributed by atoms with E-state index >= 15 is 0 Å². The molecule has 1 fully saturated rings. The number of nitrogens with one attached hydrogen (secondary N) is 2. The summed E-state index contributed by atoms with van der Waals surface area (Å²) in [5.74, 6) is -0.983. The highest BCUT2D eigenvalue weighted by molar-refractivity contribution is 5.80. The van der Waals surface area contributed by atoms with Crippen molar-refractivity contribution in [3.05, 3.63) is 18.2 Å². The first kappa shape index (κ1) is 13.4. The molecule has 7 heteroatoms. The molecule has 2 rings (SSSR count). The van der Waals surface area contributed by atoms with Gasteiger partial charge in [0.1, 0.15) is 6.54 Å². The monoisotopic (exact) mass is 266 g/mol. The Bertz CT molecular complexity index is 426. The number of carboxylic acids is 1. The molecule has 0 spiro atoms. The van der Waals surface area contributed by atoms with Crippen molar-refractivity contribution < 1.29 is 14.7 Å². The summed E-state index contributed by atoms with van der Waals surface area (Å²) in [5.41, 5.74) is 0.787. The van der Waals surface area contributed by atoms with E-state index in [1.807, 2.05) is 0 Å². The second kappa shape index (κ2) is 6.21. The number of hydrogen-bond acceptors (Lipinski definition) is 3. The van der Waals surface area contributed by atoms with E-state index in [0.717, 1.165) is 31.4 Å². The van der Waals surface area contributed by atoms with Crippen LogP contribution < -0.4 is 5.32 Å². The molecule has 0 bridgehead atoms. The highest BCUT2D eigenvalue weighted by Crippen LogP contribution is 2.23. The lowest BCUT2D eigenvalue weighted by Gasteiger charge is -2.27. The smallest absolute Gasteiger partial charge is 0.323 e. The van der Waals surface area contributed by atoms with Gasteiger partial charge in [-0.1, -0.05) is 12.8 Å². The number of amides is 2. The molecular formula is C12H18N4O3. The first-order valence-electron chi connectivity index (χ1n) is 6.40. The Hall–Kier alpha value is -2.05. The Morgan fingerprint density at radius 2 is 2.21 bits per heavy atom. The maximum atomic E-state index is 12.1. The van der Waals surface area contributed by atoms with Gasteiger partial charge in [0.25, 0.3) is 0 Å². The quantitative estimate of drug-likeness (QED) is 0.739. The number of nitrogens with zero attached hydrogens (tertiary/aromatic N) is 2. The molecule has 0 unspecified atom stereocenters. The Balaban J connectivity index is 1.92. The maximum Gasteiger partial charge on any atom is 0.323 e. The lowest BCUT2D eigenvalue weighted by molar-refractivity contribution is -0.138. The number of carbonyl (C=O) groups excluding carboxylic acids is 1. The van der Waals surface area contributed by atoms with E-state index in [1.165, 1.54) is 11.2 Å². The average molecular weight is 266 g/mol. The van der Waals surface area contributed by atoms with Gasteiger partial charge in [0.05, 0.1) is 18.6 Å². The summed E-state index contributed by atoms with van der Waals surface area (Å²) in [4.78, 5) is 31.1. The highest BCUT2D eigenvalue weighted by atomic mass is 16.4. The number of H-pyrrole nitrogens is 1. The number of rotatable bonds is 5. The Morgan fingerprint density at radius 3 is 2.79 bits per heavy atom. The summed E-state index contributed by atoms with van der Waals surface area (Å²) in [7, 11) is 0. The molecule has 0 aliphatic heterocycles. The van der Waals surface area contributed by atoms with Crippen molar-refractivity contribution in [2.24, 2.45) is 0 Å². The Kier molecular flexibility index (Phi) is 4.38. The topological polar surface area (TPSA) is 98.3 Å². The molecule has 0 radical (unpaired) electrons. The molecule has 0 atom stereocenters. The zero-order chi connectivity index (χ0) is 13.7. The van der Waals surface area contributed by atoms with E-state index in [-0.39, 0.29) is 18.6 Å². The second-order valence-corrected chi connectivity index (χ2v) is 4.70. The fourth-order valence-corrected chi connectivity index (χ4v) is 2.38. The molecule has 1 aliphatic rings. The minimum atomic E-state index is -0.983. The van der Waals surface area contributed by atoms with Gasteiger partial charge in [0.15, 0.2) is 0 Å². The summed E-state index contributed by atoms with van der Waals surface area (Å²) in [6, 6.07) is -0.290. The van der Waals surface area contributed by atoms with Gasteiger partial charge >= 0.3 is 12.0 Å². The molecule has 104 valence electrons. The number of aromatic nitrogens is 2. The van der Waals surface area contributed by atoms with Crippen LogP contribution in [0.15, 0.2) is 12.5 Å². The first-order valence-corrected chi connectivity index (χ1v) is 6.40. The van der Waals surface area contributed by atoms with Crippen LogP contribution in [0.5, 0.6) is 0 Å². The molecule has 1 aromatic rings. The third kappa shape index (κ3) is 3.70. The van der Waals surface area contributed by atoms with Crippen LogP contribution in [0.1, 0.15) is 31.4 Å².